The molecule has 4 aliphatic carbocycles. The molecule has 10 heteroatoms. The van der Waals surface area contributed by atoms with Gasteiger partial charge in [-0.1, -0.05) is 7.43 Å². The molecule has 0 bridgehead atoms. The molecule has 6 atom stereocenters. The summed E-state index contributed by atoms with van der Waals surface area (Å²) in [5, 5.41) is 31.2. The first-order valence-corrected chi connectivity index (χ1v) is 10.1. The maximum atomic E-state index is 10.8. The highest BCUT2D eigenvalue weighted by Crippen LogP contribution is 2.62. The summed E-state index contributed by atoms with van der Waals surface area (Å²) >= 11 is 0. The molecule has 2 heterocycles. The lowest BCUT2D eigenvalue weighted by atomic mass is 10.1. The van der Waals surface area contributed by atoms with Gasteiger partial charge in [-0.05, 0) is 36.5 Å². The van der Waals surface area contributed by atoms with Crippen LogP contribution in [0.5, 0.6) is 0 Å². The van der Waals surface area contributed by atoms with E-state index in [1.165, 1.54) is 0 Å². The first-order valence-electron chi connectivity index (χ1n) is 10.1. The van der Waals surface area contributed by atoms with Gasteiger partial charge in [-0.15, -0.1) is 0 Å². The van der Waals surface area contributed by atoms with Crippen molar-refractivity contribution < 1.29 is 29.3 Å². The fourth-order valence-electron chi connectivity index (χ4n) is 5.69. The quantitative estimate of drug-likeness (QED) is 0.540. The number of ether oxygens (including phenoxy) is 2. The predicted molar refractivity (Wildman–Crippen MR) is 108 cm³/mol. The number of aromatic nitrogens is 4. The molecule has 0 radical (unpaired) electrons. The minimum atomic E-state index is -0.933. The number of carboxylic acids is 2. The smallest absolute Gasteiger partial charge is 0.356 e. The number of fused-ring (bicyclic) bond motifs is 6. The van der Waals surface area contributed by atoms with Crippen molar-refractivity contribution in [3.05, 3.63) is 33.9 Å². The van der Waals surface area contributed by atoms with E-state index in [-0.39, 0.29) is 18.8 Å². The van der Waals surface area contributed by atoms with Crippen LogP contribution in [-0.4, -0.2) is 70.0 Å². The van der Waals surface area contributed by atoms with Gasteiger partial charge < -0.3 is 19.7 Å². The molecule has 0 unspecified atom stereocenters. The molecule has 0 aliphatic heterocycles. The molecule has 2 aromatic rings. The van der Waals surface area contributed by atoms with Gasteiger partial charge in [0.1, 0.15) is 0 Å². The van der Waals surface area contributed by atoms with E-state index in [0.29, 0.717) is 35.5 Å². The molecular weight excluding hydrogens is 404 g/mol. The topological polar surface area (TPSA) is 150 Å². The van der Waals surface area contributed by atoms with Gasteiger partial charge in [-0.2, -0.15) is 10.2 Å². The number of carbonyl (C=O) groups is 2. The SMILES string of the molecule is C.COC[C@@H]1[C@@H]2Cc3c(C(=O)O)n[nH]c3[C@H]12.COC[C@H]1[C@@H]2Cc3c(C(=O)O)n[nH]c3[C@H]12. The second kappa shape index (κ2) is 7.76. The van der Waals surface area contributed by atoms with Crippen molar-refractivity contribution in [1.29, 1.82) is 0 Å². The second-order valence-corrected chi connectivity index (χ2v) is 8.57. The van der Waals surface area contributed by atoms with Crippen LogP contribution >= 0.6 is 0 Å². The van der Waals surface area contributed by atoms with Crippen molar-refractivity contribution in [3.8, 4) is 0 Å². The standard InChI is InChI=1S/2C10H12N2O3.CH4/c2*1-15-3-6-4-2-5-8(7(4)6)11-12-9(5)10(13)14;/h2*4,6-7H,2-3H2,1H3,(H,11,12)(H,13,14);1H4/t4-,6+,7-;4-,6-,7-;/m00./s1. The highest BCUT2D eigenvalue weighted by atomic mass is 16.5. The monoisotopic (exact) mass is 432 g/mol. The van der Waals surface area contributed by atoms with E-state index in [9.17, 15) is 9.59 Å². The molecule has 2 aromatic heterocycles. The fraction of sp³-hybridized carbons (Fsp3) is 0.619. The number of hydrogen-bond acceptors (Lipinski definition) is 6. The number of hydrogen-bond donors (Lipinski definition) is 4. The Balaban J connectivity index is 0.000000144. The zero-order chi connectivity index (χ0) is 21.2. The van der Waals surface area contributed by atoms with Crippen molar-refractivity contribution in [2.75, 3.05) is 27.4 Å². The van der Waals surface area contributed by atoms with Crippen LogP contribution in [0.2, 0.25) is 0 Å². The van der Waals surface area contributed by atoms with E-state index in [2.05, 4.69) is 20.4 Å². The molecule has 2 saturated carbocycles. The molecule has 6 rings (SSSR count). The number of aromatic carboxylic acids is 2. The third-order valence-electron chi connectivity index (χ3n) is 7.13. The van der Waals surface area contributed by atoms with E-state index in [1.54, 1.807) is 14.2 Å². The number of aromatic amines is 2. The Hall–Kier alpha value is -2.72. The molecule has 4 N–H and O–H groups in total. The van der Waals surface area contributed by atoms with Crippen LogP contribution in [0.4, 0.5) is 0 Å². The van der Waals surface area contributed by atoms with E-state index in [1.807, 2.05) is 0 Å². The summed E-state index contributed by atoms with van der Waals surface area (Å²) in [5.74, 6) is 1.32. The van der Waals surface area contributed by atoms with Gasteiger partial charge in [-0.25, -0.2) is 9.59 Å². The number of carboxylic acid groups (broad SMARTS) is 2. The molecule has 0 saturated heterocycles. The van der Waals surface area contributed by atoms with Crippen molar-refractivity contribution in [1.82, 2.24) is 20.4 Å². The normalized spacial score (nSPS) is 30.1. The summed E-state index contributed by atoms with van der Waals surface area (Å²) in [7, 11) is 3.40. The Bertz CT molecular complexity index is 933. The third kappa shape index (κ3) is 3.25. The lowest BCUT2D eigenvalue weighted by Crippen LogP contribution is -2.04. The zero-order valence-electron chi connectivity index (χ0n) is 16.7. The van der Waals surface area contributed by atoms with Crippen molar-refractivity contribution in [2.45, 2.75) is 32.1 Å². The van der Waals surface area contributed by atoms with Crippen molar-refractivity contribution in [3.63, 3.8) is 0 Å². The van der Waals surface area contributed by atoms with Crippen molar-refractivity contribution >= 4 is 11.9 Å². The Labute approximate surface area is 179 Å². The van der Waals surface area contributed by atoms with E-state index >= 15 is 0 Å². The van der Waals surface area contributed by atoms with Crippen LogP contribution in [-0.2, 0) is 22.3 Å². The van der Waals surface area contributed by atoms with Gasteiger partial charge >= 0.3 is 11.9 Å². The molecule has 0 aromatic carbocycles. The van der Waals surface area contributed by atoms with E-state index in [0.717, 1.165) is 48.6 Å². The first kappa shape index (κ1) is 21.5. The van der Waals surface area contributed by atoms with Gasteiger partial charge in [0.2, 0.25) is 0 Å². The maximum Gasteiger partial charge on any atom is 0.356 e. The summed E-state index contributed by atoms with van der Waals surface area (Å²) < 4.78 is 10.2. The highest BCUT2D eigenvalue weighted by Gasteiger charge is 2.58. The Kier molecular flexibility index (Phi) is 5.38. The third-order valence-corrected chi connectivity index (χ3v) is 7.13. The van der Waals surface area contributed by atoms with Crippen LogP contribution in [0, 0.1) is 23.7 Å². The average Bonchev–Trinajstić information content (AvgIpc) is 3.21. The molecule has 10 nitrogen and oxygen atoms in total. The number of rotatable bonds is 6. The largest absolute Gasteiger partial charge is 0.476 e. The first-order chi connectivity index (χ1) is 14.5. The Morgan fingerprint density at radius 3 is 1.58 bits per heavy atom. The van der Waals surface area contributed by atoms with Gasteiger partial charge in [-0.3, -0.25) is 10.2 Å². The number of nitrogens with one attached hydrogen (secondary N) is 2. The zero-order valence-corrected chi connectivity index (χ0v) is 16.7. The van der Waals surface area contributed by atoms with Gasteiger partial charge in [0.25, 0.3) is 0 Å². The molecule has 4 aliphatic rings. The highest BCUT2D eigenvalue weighted by molar-refractivity contribution is 5.88. The lowest BCUT2D eigenvalue weighted by molar-refractivity contribution is 0.0678. The number of H-pyrrole nitrogens is 2. The molecular formula is C21H28N4O6. The van der Waals surface area contributed by atoms with Crippen LogP contribution < -0.4 is 0 Å². The van der Waals surface area contributed by atoms with Crippen LogP contribution in [0.25, 0.3) is 0 Å². The van der Waals surface area contributed by atoms with Crippen LogP contribution in [0.1, 0.15) is 62.8 Å². The van der Waals surface area contributed by atoms with Crippen molar-refractivity contribution in [2.24, 2.45) is 23.7 Å². The van der Waals surface area contributed by atoms with E-state index in [4.69, 9.17) is 19.7 Å². The van der Waals surface area contributed by atoms with Gasteiger partial charge in [0.15, 0.2) is 11.4 Å². The summed E-state index contributed by atoms with van der Waals surface area (Å²) in [6, 6.07) is 0. The second-order valence-electron chi connectivity index (χ2n) is 8.57. The molecule has 168 valence electrons. The van der Waals surface area contributed by atoms with E-state index < -0.39 is 11.9 Å². The number of methoxy groups -OCH3 is 2. The minimum Gasteiger partial charge on any atom is -0.476 e. The average molecular weight is 432 g/mol. The molecule has 0 amide bonds. The summed E-state index contributed by atoms with van der Waals surface area (Å²) in [6.07, 6.45) is 1.68. The maximum absolute atomic E-state index is 10.8. The summed E-state index contributed by atoms with van der Waals surface area (Å²) in [4.78, 5) is 21.7. The molecule has 2 fully saturated rings. The summed E-state index contributed by atoms with van der Waals surface area (Å²) in [6.45, 7) is 1.52. The van der Waals surface area contributed by atoms with Gasteiger partial charge in [0.05, 0.1) is 0 Å². The minimum absolute atomic E-state index is 0. The Morgan fingerprint density at radius 2 is 1.26 bits per heavy atom. The van der Waals surface area contributed by atoms with Crippen LogP contribution in [0.3, 0.4) is 0 Å². The summed E-state index contributed by atoms with van der Waals surface area (Å²) in [5.41, 5.74) is 4.27. The molecule has 31 heavy (non-hydrogen) atoms. The molecule has 0 spiro atoms. The van der Waals surface area contributed by atoms with Crippen LogP contribution in [0.15, 0.2) is 0 Å². The lowest BCUT2D eigenvalue weighted by Gasteiger charge is -2.01. The van der Waals surface area contributed by atoms with Gasteiger partial charge in [0, 0.05) is 61.8 Å². The number of nitrogens with zero attached hydrogens (tertiary/aromatic N) is 2. The Morgan fingerprint density at radius 1 is 0.871 bits per heavy atom. The predicted octanol–water partition coefficient (Wildman–Crippen LogP) is 1.92. The fourth-order valence-corrected chi connectivity index (χ4v) is 5.69.